The Morgan fingerprint density at radius 3 is 2.81 bits per heavy atom. The second-order valence-electron chi connectivity index (χ2n) is 4.45. The third-order valence-corrected chi connectivity index (χ3v) is 3.13. The number of nitrogens with zero attached hydrogens (tertiary/aromatic N) is 2. The van der Waals surface area contributed by atoms with Gasteiger partial charge in [-0.05, 0) is 30.3 Å². The molecule has 1 aromatic carbocycles. The van der Waals surface area contributed by atoms with Crippen LogP contribution in [0.15, 0.2) is 47.0 Å². The van der Waals surface area contributed by atoms with E-state index in [-0.39, 0.29) is 11.6 Å². The van der Waals surface area contributed by atoms with Crippen molar-refractivity contribution in [2.24, 2.45) is 5.73 Å². The lowest BCUT2D eigenvalue weighted by molar-refractivity contribution is 0.0725. The molecule has 0 spiro atoms. The number of amides is 1. The highest BCUT2D eigenvalue weighted by atomic mass is 16.5. The molecular weight excluding hydrogens is 272 g/mol. The summed E-state index contributed by atoms with van der Waals surface area (Å²) in [5.74, 6) is 1.28. The number of hydrogen-bond acceptors (Lipinski definition) is 6. The first-order valence-electron chi connectivity index (χ1n) is 6.31. The highest BCUT2D eigenvalue weighted by Gasteiger charge is 2.25. The van der Waals surface area contributed by atoms with Gasteiger partial charge in [-0.25, -0.2) is 9.99 Å². The zero-order valence-corrected chi connectivity index (χ0v) is 11.4. The number of hydrogen-bond donors (Lipinski definition) is 2. The van der Waals surface area contributed by atoms with Crippen LogP contribution in [0.3, 0.4) is 0 Å². The number of methoxy groups -OCH3 is 1. The van der Waals surface area contributed by atoms with Crippen molar-refractivity contribution in [3.63, 3.8) is 0 Å². The molecule has 3 N–H and O–H groups in total. The molecule has 7 heteroatoms. The molecule has 0 saturated carbocycles. The van der Waals surface area contributed by atoms with Crippen LogP contribution in [0.25, 0.3) is 11.3 Å². The molecule has 2 aromatic rings. The van der Waals surface area contributed by atoms with Gasteiger partial charge in [0.15, 0.2) is 17.8 Å². The Morgan fingerprint density at radius 1 is 1.43 bits per heavy atom. The Bertz CT molecular complexity index is 690. The number of aromatic nitrogens is 1. The summed E-state index contributed by atoms with van der Waals surface area (Å²) in [4.78, 5) is 16.4. The van der Waals surface area contributed by atoms with Crippen molar-refractivity contribution in [2.75, 3.05) is 13.7 Å². The highest BCUT2D eigenvalue weighted by Crippen LogP contribution is 2.26. The molecule has 3 rings (SSSR count). The van der Waals surface area contributed by atoms with E-state index in [1.807, 2.05) is 0 Å². The molecule has 0 bridgehead atoms. The van der Waals surface area contributed by atoms with E-state index in [0.717, 1.165) is 11.3 Å². The fourth-order valence-corrected chi connectivity index (χ4v) is 2.04. The van der Waals surface area contributed by atoms with Gasteiger partial charge in [0, 0.05) is 5.56 Å². The van der Waals surface area contributed by atoms with Crippen LogP contribution in [0.2, 0.25) is 0 Å². The van der Waals surface area contributed by atoms with Crippen LogP contribution in [0.1, 0.15) is 10.5 Å². The van der Waals surface area contributed by atoms with Crippen LogP contribution in [0.5, 0.6) is 5.75 Å². The van der Waals surface area contributed by atoms with Crippen molar-refractivity contribution in [1.82, 2.24) is 15.4 Å². The van der Waals surface area contributed by atoms with Crippen molar-refractivity contribution in [2.45, 2.75) is 0 Å². The van der Waals surface area contributed by atoms with E-state index in [1.54, 1.807) is 37.5 Å². The van der Waals surface area contributed by atoms with Gasteiger partial charge in [-0.1, -0.05) is 0 Å². The molecule has 21 heavy (non-hydrogen) atoms. The SMILES string of the molecule is COc1ccc(-c2ocnc2C(=O)N2CC=C(N)N2)cc1. The van der Waals surface area contributed by atoms with Gasteiger partial charge >= 0.3 is 0 Å². The fourth-order valence-electron chi connectivity index (χ4n) is 2.04. The molecule has 0 aliphatic carbocycles. The molecule has 2 heterocycles. The minimum atomic E-state index is -0.300. The first-order chi connectivity index (χ1) is 10.2. The number of rotatable bonds is 3. The van der Waals surface area contributed by atoms with Gasteiger partial charge < -0.3 is 14.9 Å². The van der Waals surface area contributed by atoms with Crippen LogP contribution < -0.4 is 15.9 Å². The molecule has 1 amide bonds. The van der Waals surface area contributed by atoms with Gasteiger partial charge in [-0.3, -0.25) is 10.2 Å². The van der Waals surface area contributed by atoms with Gasteiger partial charge in [0.25, 0.3) is 5.91 Å². The van der Waals surface area contributed by atoms with Crippen LogP contribution >= 0.6 is 0 Å². The second-order valence-corrected chi connectivity index (χ2v) is 4.45. The van der Waals surface area contributed by atoms with E-state index in [2.05, 4.69) is 10.4 Å². The van der Waals surface area contributed by atoms with Crippen molar-refractivity contribution < 1.29 is 13.9 Å². The third-order valence-electron chi connectivity index (χ3n) is 3.13. The molecule has 0 fully saturated rings. The Kier molecular flexibility index (Phi) is 3.23. The molecule has 0 radical (unpaired) electrons. The van der Waals surface area contributed by atoms with E-state index in [1.165, 1.54) is 11.4 Å². The molecular formula is C14H14N4O3. The van der Waals surface area contributed by atoms with Crippen molar-refractivity contribution >= 4 is 5.91 Å². The lowest BCUT2D eigenvalue weighted by atomic mass is 10.1. The lowest BCUT2D eigenvalue weighted by Crippen LogP contribution is -2.39. The van der Waals surface area contributed by atoms with Crippen molar-refractivity contribution in [3.05, 3.63) is 48.3 Å². The van der Waals surface area contributed by atoms with Crippen LogP contribution in [-0.2, 0) is 0 Å². The summed E-state index contributed by atoms with van der Waals surface area (Å²) in [6, 6.07) is 7.19. The number of nitrogens with two attached hydrogens (primary N) is 1. The van der Waals surface area contributed by atoms with E-state index in [9.17, 15) is 4.79 Å². The minimum absolute atomic E-state index is 0.232. The minimum Gasteiger partial charge on any atom is -0.497 e. The predicted octanol–water partition coefficient (Wildman–Crippen LogP) is 1.11. The van der Waals surface area contributed by atoms with Gasteiger partial charge in [0.05, 0.1) is 13.7 Å². The molecule has 108 valence electrons. The monoisotopic (exact) mass is 286 g/mol. The van der Waals surface area contributed by atoms with Crippen LogP contribution in [-0.4, -0.2) is 29.6 Å². The number of nitrogens with one attached hydrogen (secondary N) is 1. The number of benzene rings is 1. The zero-order valence-electron chi connectivity index (χ0n) is 11.4. The molecule has 7 nitrogen and oxygen atoms in total. The number of oxazole rings is 1. The summed E-state index contributed by atoms with van der Waals surface area (Å²) in [6.45, 7) is 0.388. The maximum atomic E-state index is 12.4. The molecule has 0 unspecified atom stereocenters. The fraction of sp³-hybridized carbons (Fsp3) is 0.143. The standard InChI is InChI=1S/C14H14N4O3/c1-20-10-4-2-9(3-5-10)13-12(16-8-21-13)14(19)18-7-6-11(15)17-18/h2-6,8,17H,7,15H2,1H3. The summed E-state index contributed by atoms with van der Waals surface area (Å²) < 4.78 is 10.5. The average molecular weight is 286 g/mol. The quantitative estimate of drug-likeness (QED) is 0.878. The highest BCUT2D eigenvalue weighted by molar-refractivity contribution is 5.97. The molecule has 1 aliphatic rings. The predicted molar refractivity (Wildman–Crippen MR) is 74.9 cm³/mol. The third kappa shape index (κ3) is 2.40. The van der Waals surface area contributed by atoms with Crippen LogP contribution in [0.4, 0.5) is 0 Å². The Hall–Kier alpha value is -2.96. The first-order valence-corrected chi connectivity index (χ1v) is 6.31. The van der Waals surface area contributed by atoms with Crippen molar-refractivity contribution in [1.29, 1.82) is 0 Å². The smallest absolute Gasteiger partial charge is 0.295 e. The lowest BCUT2D eigenvalue weighted by Gasteiger charge is -2.16. The average Bonchev–Trinajstić information content (AvgIpc) is 3.15. The molecule has 0 saturated heterocycles. The van der Waals surface area contributed by atoms with E-state index >= 15 is 0 Å². The van der Waals surface area contributed by atoms with Gasteiger partial charge in [-0.15, -0.1) is 0 Å². The summed E-state index contributed by atoms with van der Waals surface area (Å²) in [5.41, 5.74) is 9.33. The van der Waals surface area contributed by atoms with Crippen molar-refractivity contribution in [3.8, 4) is 17.1 Å². The van der Waals surface area contributed by atoms with Crippen LogP contribution in [0, 0.1) is 0 Å². The molecule has 0 atom stereocenters. The normalized spacial score (nSPS) is 13.8. The Balaban J connectivity index is 1.88. The van der Waals surface area contributed by atoms with Gasteiger partial charge in [-0.2, -0.15) is 0 Å². The summed E-state index contributed by atoms with van der Waals surface area (Å²) >= 11 is 0. The summed E-state index contributed by atoms with van der Waals surface area (Å²) in [7, 11) is 1.59. The summed E-state index contributed by atoms with van der Waals surface area (Å²) in [6.07, 6.45) is 2.96. The second kappa shape index (κ2) is 5.20. The number of hydrazine groups is 1. The van der Waals surface area contributed by atoms with E-state index in [0.29, 0.717) is 18.1 Å². The van der Waals surface area contributed by atoms with Gasteiger partial charge in [0.1, 0.15) is 11.6 Å². The maximum absolute atomic E-state index is 12.4. The van der Waals surface area contributed by atoms with E-state index < -0.39 is 0 Å². The topological polar surface area (TPSA) is 93.6 Å². The molecule has 1 aromatic heterocycles. The van der Waals surface area contributed by atoms with Gasteiger partial charge in [0.2, 0.25) is 0 Å². The number of carbonyl (C=O) groups excluding carboxylic acids is 1. The maximum Gasteiger partial charge on any atom is 0.295 e. The first kappa shape index (κ1) is 13.0. The number of ether oxygens (including phenoxy) is 1. The summed E-state index contributed by atoms with van der Waals surface area (Å²) in [5, 5.41) is 1.38. The Morgan fingerprint density at radius 2 is 2.19 bits per heavy atom. The number of carbonyl (C=O) groups is 1. The largest absolute Gasteiger partial charge is 0.497 e. The Labute approximate surface area is 121 Å². The van der Waals surface area contributed by atoms with E-state index in [4.69, 9.17) is 14.9 Å². The molecule has 1 aliphatic heterocycles. The zero-order chi connectivity index (χ0) is 14.8.